The van der Waals surface area contributed by atoms with Gasteiger partial charge in [0.1, 0.15) is 5.75 Å². The van der Waals surface area contributed by atoms with Crippen LogP contribution in [0.15, 0.2) is 47.5 Å². The SMILES string of the molecule is Oc1c(C=NC2CCCCC2)cc(-c2ccccc2)cc1C1CCCCCCCCCCC1.[Cl][Zr][Cl]. The monoisotopic (exact) mass is 605 g/mol. The summed E-state index contributed by atoms with van der Waals surface area (Å²) in [5.74, 6) is 0.918. The average Bonchev–Trinajstić information content (AvgIpc) is 2.90. The third-order valence-electron chi connectivity index (χ3n) is 7.82. The van der Waals surface area contributed by atoms with Crippen molar-refractivity contribution in [1.29, 1.82) is 0 Å². The molecule has 2 fully saturated rings. The number of phenolic OH excluding ortho intramolecular Hbond substituents is 1. The molecule has 0 atom stereocenters. The van der Waals surface area contributed by atoms with Gasteiger partial charge in [-0.25, -0.2) is 0 Å². The van der Waals surface area contributed by atoms with E-state index in [9.17, 15) is 5.11 Å². The quantitative estimate of drug-likeness (QED) is 0.345. The fraction of sp³-hybridized carbons (Fsp3) is 0.581. The first-order valence-electron chi connectivity index (χ1n) is 14.1. The second-order valence-corrected chi connectivity index (χ2v) is 14.2. The number of phenols is 1. The Hall–Kier alpha value is -0.627. The van der Waals surface area contributed by atoms with E-state index >= 15 is 0 Å². The third kappa shape index (κ3) is 10.3. The summed E-state index contributed by atoms with van der Waals surface area (Å²) >= 11 is -0.826. The summed E-state index contributed by atoms with van der Waals surface area (Å²) in [5, 5.41) is 11.4. The van der Waals surface area contributed by atoms with Gasteiger partial charge >= 0.3 is 37.9 Å². The number of hydrogen-bond acceptors (Lipinski definition) is 2. The first-order chi connectivity index (χ1) is 17.7. The molecule has 2 saturated carbocycles. The van der Waals surface area contributed by atoms with Crippen LogP contribution in [-0.4, -0.2) is 17.4 Å². The van der Waals surface area contributed by atoms with E-state index in [0.717, 1.165) is 11.1 Å². The summed E-state index contributed by atoms with van der Waals surface area (Å²) in [6, 6.07) is 15.5. The summed E-state index contributed by atoms with van der Waals surface area (Å²) in [4.78, 5) is 4.93. The van der Waals surface area contributed by atoms with Crippen LogP contribution in [0, 0.1) is 0 Å². The fourth-order valence-electron chi connectivity index (χ4n) is 5.78. The molecule has 0 heterocycles. The van der Waals surface area contributed by atoms with Crippen molar-refractivity contribution in [1.82, 2.24) is 0 Å². The van der Waals surface area contributed by atoms with Crippen LogP contribution in [0.1, 0.15) is 120 Å². The van der Waals surface area contributed by atoms with Crippen LogP contribution in [-0.2, 0) is 20.8 Å². The molecule has 2 nitrogen and oxygen atoms in total. The second-order valence-electron chi connectivity index (χ2n) is 10.5. The Kier molecular flexibility index (Phi) is 14.8. The summed E-state index contributed by atoms with van der Waals surface area (Å²) in [5.41, 5.74) is 4.49. The Morgan fingerprint density at radius 2 is 1.19 bits per heavy atom. The molecule has 2 aromatic rings. The molecule has 2 aliphatic carbocycles. The zero-order chi connectivity index (χ0) is 25.4. The second kappa shape index (κ2) is 17.8. The van der Waals surface area contributed by atoms with Crippen LogP contribution in [0.2, 0.25) is 0 Å². The molecule has 4 rings (SSSR count). The molecule has 0 spiro atoms. The van der Waals surface area contributed by atoms with Gasteiger partial charge < -0.3 is 5.11 Å². The van der Waals surface area contributed by atoms with Gasteiger partial charge in [-0.1, -0.05) is 107 Å². The summed E-state index contributed by atoms with van der Waals surface area (Å²) in [7, 11) is 9.87. The van der Waals surface area contributed by atoms with Gasteiger partial charge in [0.15, 0.2) is 0 Å². The molecule has 2 aliphatic rings. The van der Waals surface area contributed by atoms with Crippen molar-refractivity contribution in [2.75, 3.05) is 0 Å². The molecule has 2 aromatic carbocycles. The van der Waals surface area contributed by atoms with Crippen molar-refractivity contribution in [2.24, 2.45) is 4.99 Å². The Morgan fingerprint density at radius 1 is 0.694 bits per heavy atom. The van der Waals surface area contributed by atoms with E-state index in [-0.39, 0.29) is 0 Å². The minimum absolute atomic E-state index is 0.420. The van der Waals surface area contributed by atoms with Crippen molar-refractivity contribution in [3.63, 3.8) is 0 Å². The van der Waals surface area contributed by atoms with Crippen molar-refractivity contribution in [3.8, 4) is 16.9 Å². The number of benzene rings is 2. The summed E-state index contributed by atoms with van der Waals surface area (Å²) < 4.78 is 0. The van der Waals surface area contributed by atoms with Gasteiger partial charge in [-0.05, 0) is 60.4 Å². The molecule has 36 heavy (non-hydrogen) atoms. The molecular formula is C31H43Cl2NOZr. The first-order valence-corrected chi connectivity index (χ1v) is 20.5. The van der Waals surface area contributed by atoms with Crippen molar-refractivity contribution < 1.29 is 26.0 Å². The zero-order valence-corrected chi connectivity index (χ0v) is 25.7. The van der Waals surface area contributed by atoms with E-state index in [1.165, 1.54) is 114 Å². The topological polar surface area (TPSA) is 32.6 Å². The molecule has 0 amide bonds. The molecule has 1 N–H and O–H groups in total. The number of aromatic hydroxyl groups is 1. The van der Waals surface area contributed by atoms with Gasteiger partial charge in [0.2, 0.25) is 0 Å². The Bertz CT molecular complexity index is 887. The van der Waals surface area contributed by atoms with Gasteiger partial charge in [-0.3, -0.25) is 4.99 Å². The molecular weight excluding hydrogens is 564 g/mol. The number of hydrogen-bond donors (Lipinski definition) is 1. The number of aliphatic imine (C=N–C) groups is 1. The first kappa shape index (κ1) is 29.9. The minimum atomic E-state index is -0.826. The van der Waals surface area contributed by atoms with Crippen LogP contribution in [0.4, 0.5) is 0 Å². The molecule has 0 aliphatic heterocycles. The van der Waals surface area contributed by atoms with Crippen molar-refractivity contribution in [2.45, 2.75) is 115 Å². The average molecular weight is 608 g/mol. The predicted octanol–water partition coefficient (Wildman–Crippen LogP) is 10.6. The van der Waals surface area contributed by atoms with Gasteiger partial charge in [-0.15, -0.1) is 0 Å². The van der Waals surface area contributed by atoms with Crippen LogP contribution >= 0.6 is 17.0 Å². The van der Waals surface area contributed by atoms with Gasteiger partial charge in [0, 0.05) is 17.8 Å². The van der Waals surface area contributed by atoms with E-state index in [4.69, 9.17) is 22.0 Å². The van der Waals surface area contributed by atoms with E-state index in [0.29, 0.717) is 17.7 Å². The number of halogens is 2. The van der Waals surface area contributed by atoms with Crippen LogP contribution < -0.4 is 0 Å². The maximum absolute atomic E-state index is 11.4. The standard InChI is InChI=1S/C31H43NO.2ClH.Zr/c33-31-28(24-32-29-20-14-9-15-21-29)22-27(25-16-12-8-13-17-25)23-30(31)26-18-10-6-4-2-1-3-5-7-11-19-26;;;/h8,12-13,16-17,22-24,26,29,33H,1-7,9-11,14-15,18-21H2;2*1H;/q;;;+2/p-2. The van der Waals surface area contributed by atoms with Gasteiger partial charge in [0.05, 0.1) is 0 Å². The van der Waals surface area contributed by atoms with Crippen LogP contribution in [0.5, 0.6) is 5.75 Å². The van der Waals surface area contributed by atoms with E-state index in [1.54, 1.807) is 0 Å². The molecule has 196 valence electrons. The number of nitrogens with zero attached hydrogens (tertiary/aromatic N) is 1. The molecule has 0 saturated heterocycles. The van der Waals surface area contributed by atoms with Crippen LogP contribution in [0.25, 0.3) is 11.1 Å². The van der Waals surface area contributed by atoms with E-state index in [2.05, 4.69) is 42.5 Å². The fourth-order valence-corrected chi connectivity index (χ4v) is 5.78. The Morgan fingerprint density at radius 3 is 1.78 bits per heavy atom. The third-order valence-corrected chi connectivity index (χ3v) is 7.82. The van der Waals surface area contributed by atoms with E-state index in [1.807, 2.05) is 6.21 Å². The summed E-state index contributed by atoms with van der Waals surface area (Å²) in [6.45, 7) is 0. The zero-order valence-electron chi connectivity index (χ0n) is 21.7. The van der Waals surface area contributed by atoms with Gasteiger partial charge in [0.25, 0.3) is 0 Å². The molecule has 0 unspecified atom stereocenters. The van der Waals surface area contributed by atoms with E-state index < -0.39 is 20.8 Å². The molecule has 0 aromatic heterocycles. The number of rotatable bonds is 4. The molecule has 5 heteroatoms. The van der Waals surface area contributed by atoms with Gasteiger partial charge in [-0.2, -0.15) is 0 Å². The predicted molar refractivity (Wildman–Crippen MR) is 153 cm³/mol. The van der Waals surface area contributed by atoms with Crippen molar-refractivity contribution in [3.05, 3.63) is 53.6 Å². The summed E-state index contributed by atoms with van der Waals surface area (Å²) in [6.07, 6.45) is 22.7. The molecule has 0 bridgehead atoms. The Labute approximate surface area is 238 Å². The van der Waals surface area contributed by atoms with Crippen molar-refractivity contribution >= 4 is 23.2 Å². The Balaban J connectivity index is 0.00000115. The van der Waals surface area contributed by atoms with Crippen LogP contribution in [0.3, 0.4) is 0 Å². The molecule has 0 radical (unpaired) electrons. The normalized spacial score (nSPS) is 19.1. The maximum atomic E-state index is 11.4.